The van der Waals surface area contributed by atoms with Crippen LogP contribution in [0.5, 0.6) is 0 Å². The molecule has 23 heavy (non-hydrogen) atoms. The fourth-order valence-corrected chi connectivity index (χ4v) is 3.78. The van der Waals surface area contributed by atoms with Gasteiger partial charge in [-0.3, -0.25) is 0 Å². The number of aromatic nitrogens is 1. The molecule has 128 valence electrons. The van der Waals surface area contributed by atoms with Crippen LogP contribution in [0.25, 0.3) is 0 Å². The van der Waals surface area contributed by atoms with Crippen molar-refractivity contribution in [1.29, 1.82) is 0 Å². The zero-order valence-corrected chi connectivity index (χ0v) is 13.4. The number of rotatable bonds is 5. The van der Waals surface area contributed by atoms with Gasteiger partial charge >= 0.3 is 0 Å². The van der Waals surface area contributed by atoms with Crippen LogP contribution in [0.4, 0.5) is 10.2 Å². The number of nitrogens with zero attached hydrogens (tertiary/aromatic N) is 3. The van der Waals surface area contributed by atoms with E-state index < -0.39 is 0 Å². The maximum atomic E-state index is 13.0. The van der Waals surface area contributed by atoms with E-state index in [-0.39, 0.29) is 18.3 Å². The summed E-state index contributed by atoms with van der Waals surface area (Å²) in [6.45, 7) is 5.11. The first-order valence-electron chi connectivity index (χ1n) is 8.50. The number of aliphatic hydroxyl groups is 2. The average molecular weight is 323 g/mol. The monoisotopic (exact) mass is 323 g/mol. The number of halogens is 1. The van der Waals surface area contributed by atoms with Crippen molar-refractivity contribution in [3.05, 3.63) is 24.1 Å². The molecular formula is C17H26FN3O2. The van der Waals surface area contributed by atoms with E-state index in [9.17, 15) is 14.6 Å². The Morgan fingerprint density at radius 2 is 1.83 bits per heavy atom. The summed E-state index contributed by atoms with van der Waals surface area (Å²) in [4.78, 5) is 8.75. The Hall–Kier alpha value is -1.24. The molecule has 2 aliphatic heterocycles. The van der Waals surface area contributed by atoms with Crippen molar-refractivity contribution in [3.63, 3.8) is 0 Å². The normalized spacial score (nSPS) is 26.8. The van der Waals surface area contributed by atoms with Crippen LogP contribution in [0.2, 0.25) is 0 Å². The Morgan fingerprint density at radius 3 is 2.43 bits per heavy atom. The summed E-state index contributed by atoms with van der Waals surface area (Å²) < 4.78 is 13.0. The van der Waals surface area contributed by atoms with Crippen LogP contribution in [0, 0.1) is 23.6 Å². The Bertz CT molecular complexity index is 491. The molecule has 6 heteroatoms. The first-order chi connectivity index (χ1) is 11.2. The highest BCUT2D eigenvalue weighted by molar-refractivity contribution is 5.39. The lowest BCUT2D eigenvalue weighted by Crippen LogP contribution is -2.40. The minimum absolute atomic E-state index is 0.176. The van der Waals surface area contributed by atoms with E-state index in [1.807, 2.05) is 0 Å². The Labute approximate surface area is 136 Å². The van der Waals surface area contributed by atoms with Gasteiger partial charge < -0.3 is 20.0 Å². The average Bonchev–Trinajstić information content (AvgIpc) is 2.99. The summed E-state index contributed by atoms with van der Waals surface area (Å²) in [6.07, 6.45) is 3.35. The third-order valence-corrected chi connectivity index (χ3v) is 5.30. The van der Waals surface area contributed by atoms with Crippen molar-refractivity contribution in [2.75, 3.05) is 50.8 Å². The summed E-state index contributed by atoms with van der Waals surface area (Å²) in [6, 6.07) is 3.14. The number of anilines is 1. The predicted molar refractivity (Wildman–Crippen MR) is 86.7 cm³/mol. The lowest BCUT2D eigenvalue weighted by molar-refractivity contribution is 0.106. The van der Waals surface area contributed by atoms with Gasteiger partial charge in [0.05, 0.1) is 6.20 Å². The zero-order chi connectivity index (χ0) is 16.2. The lowest BCUT2D eigenvalue weighted by atomic mass is 9.93. The molecule has 0 radical (unpaired) electrons. The molecule has 0 unspecified atom stereocenters. The second kappa shape index (κ2) is 7.55. The van der Waals surface area contributed by atoms with Gasteiger partial charge in [0.15, 0.2) is 0 Å². The Morgan fingerprint density at radius 1 is 1.09 bits per heavy atom. The van der Waals surface area contributed by atoms with Gasteiger partial charge in [0, 0.05) is 38.8 Å². The third-order valence-electron chi connectivity index (χ3n) is 5.30. The number of pyridine rings is 1. The van der Waals surface area contributed by atoms with Crippen LogP contribution in [-0.2, 0) is 0 Å². The SMILES string of the molecule is OCC1CCN(C[C@@H]2CN(c3ccc(F)cn3)C[C@@H]2CO)CC1. The fourth-order valence-electron chi connectivity index (χ4n) is 3.78. The molecule has 0 aliphatic carbocycles. The molecule has 3 heterocycles. The molecular weight excluding hydrogens is 297 g/mol. The summed E-state index contributed by atoms with van der Waals surface area (Å²) in [5.74, 6) is 1.54. The molecule has 1 aromatic rings. The first kappa shape index (κ1) is 16.6. The minimum atomic E-state index is -0.324. The first-order valence-corrected chi connectivity index (χ1v) is 8.50. The second-order valence-corrected chi connectivity index (χ2v) is 6.87. The molecule has 2 atom stereocenters. The topological polar surface area (TPSA) is 59.8 Å². The highest BCUT2D eigenvalue weighted by Gasteiger charge is 2.34. The molecule has 2 N–H and O–H groups in total. The third kappa shape index (κ3) is 4.00. The van der Waals surface area contributed by atoms with Crippen LogP contribution in [0.3, 0.4) is 0 Å². The quantitative estimate of drug-likeness (QED) is 0.846. The number of hydrogen-bond acceptors (Lipinski definition) is 5. The van der Waals surface area contributed by atoms with Crippen LogP contribution < -0.4 is 4.90 Å². The standard InChI is InChI=1S/C17H26FN3O2/c18-16-1-2-17(19-7-16)21-9-14(15(10-21)12-23)8-20-5-3-13(11-22)4-6-20/h1-2,7,13-15,22-23H,3-6,8-12H2/t14-,15-/m1/s1. The van der Waals surface area contributed by atoms with E-state index >= 15 is 0 Å². The van der Waals surface area contributed by atoms with Crippen molar-refractivity contribution < 1.29 is 14.6 Å². The molecule has 3 rings (SSSR count). The van der Waals surface area contributed by atoms with E-state index in [1.54, 1.807) is 6.07 Å². The molecule has 0 spiro atoms. The van der Waals surface area contributed by atoms with Crippen LogP contribution in [-0.4, -0.2) is 66.0 Å². The van der Waals surface area contributed by atoms with Crippen molar-refractivity contribution in [2.24, 2.45) is 17.8 Å². The van der Waals surface area contributed by atoms with E-state index in [0.29, 0.717) is 18.4 Å². The largest absolute Gasteiger partial charge is 0.396 e. The Kier molecular flexibility index (Phi) is 5.46. The van der Waals surface area contributed by atoms with Gasteiger partial charge in [-0.1, -0.05) is 0 Å². The Balaban J connectivity index is 1.58. The number of piperidine rings is 1. The zero-order valence-electron chi connectivity index (χ0n) is 13.4. The predicted octanol–water partition coefficient (Wildman–Crippen LogP) is 0.970. The van der Waals surface area contributed by atoms with Gasteiger partial charge in [-0.25, -0.2) is 9.37 Å². The lowest BCUT2D eigenvalue weighted by Gasteiger charge is -2.33. The second-order valence-electron chi connectivity index (χ2n) is 6.87. The summed E-state index contributed by atoms with van der Waals surface area (Å²) >= 11 is 0. The number of aliphatic hydroxyl groups excluding tert-OH is 2. The molecule has 2 saturated heterocycles. The summed E-state index contributed by atoms with van der Waals surface area (Å²) in [7, 11) is 0. The van der Waals surface area contributed by atoms with Gasteiger partial charge in [0.25, 0.3) is 0 Å². The van der Waals surface area contributed by atoms with Crippen LogP contribution in [0.1, 0.15) is 12.8 Å². The molecule has 0 amide bonds. The fraction of sp³-hybridized carbons (Fsp3) is 0.706. The molecule has 2 aliphatic rings. The van der Waals surface area contributed by atoms with Crippen LogP contribution >= 0.6 is 0 Å². The van der Waals surface area contributed by atoms with Gasteiger partial charge in [-0.15, -0.1) is 0 Å². The minimum Gasteiger partial charge on any atom is -0.396 e. The molecule has 0 saturated carbocycles. The molecule has 0 bridgehead atoms. The van der Waals surface area contributed by atoms with Gasteiger partial charge in [-0.2, -0.15) is 0 Å². The molecule has 5 nitrogen and oxygen atoms in total. The van der Waals surface area contributed by atoms with Crippen molar-refractivity contribution in [3.8, 4) is 0 Å². The maximum Gasteiger partial charge on any atom is 0.141 e. The van der Waals surface area contributed by atoms with Crippen LogP contribution in [0.15, 0.2) is 18.3 Å². The number of likely N-dealkylation sites (tertiary alicyclic amines) is 1. The van der Waals surface area contributed by atoms with Gasteiger partial charge in [0.2, 0.25) is 0 Å². The van der Waals surface area contributed by atoms with E-state index in [2.05, 4.69) is 14.8 Å². The molecule has 2 fully saturated rings. The maximum absolute atomic E-state index is 13.0. The molecule has 0 aromatic carbocycles. The highest BCUT2D eigenvalue weighted by atomic mass is 19.1. The van der Waals surface area contributed by atoms with Crippen molar-refractivity contribution in [2.45, 2.75) is 12.8 Å². The number of hydrogen-bond donors (Lipinski definition) is 2. The van der Waals surface area contributed by atoms with Gasteiger partial charge in [-0.05, 0) is 49.9 Å². The van der Waals surface area contributed by atoms with E-state index in [1.165, 1.54) is 12.3 Å². The smallest absolute Gasteiger partial charge is 0.141 e. The van der Waals surface area contributed by atoms with E-state index in [0.717, 1.165) is 51.4 Å². The van der Waals surface area contributed by atoms with Crippen molar-refractivity contribution >= 4 is 5.82 Å². The summed E-state index contributed by atoms with van der Waals surface area (Å²) in [5, 5.41) is 18.9. The molecule has 1 aromatic heterocycles. The summed E-state index contributed by atoms with van der Waals surface area (Å²) in [5.41, 5.74) is 0. The van der Waals surface area contributed by atoms with Crippen molar-refractivity contribution in [1.82, 2.24) is 9.88 Å². The van der Waals surface area contributed by atoms with E-state index in [4.69, 9.17) is 0 Å². The highest BCUT2D eigenvalue weighted by Crippen LogP contribution is 2.29. The van der Waals surface area contributed by atoms with Gasteiger partial charge in [0.1, 0.15) is 11.6 Å².